The summed E-state index contributed by atoms with van der Waals surface area (Å²) in [6.45, 7) is 4.38. The van der Waals surface area contributed by atoms with E-state index in [0.29, 0.717) is 28.1 Å². The molecule has 4 rings (SSSR count). The monoisotopic (exact) mass is 404 g/mol. The van der Waals surface area contributed by atoms with Gasteiger partial charge < -0.3 is 9.73 Å². The molecule has 0 bridgehead atoms. The second-order valence-electron chi connectivity index (χ2n) is 7.10. The number of carbonyl (C=O) groups is 1. The minimum atomic E-state index is -0.222. The number of benzene rings is 3. The average Bonchev–Trinajstić information content (AvgIpc) is 3.17. The van der Waals surface area contributed by atoms with Crippen molar-refractivity contribution in [3.05, 3.63) is 82.9 Å². The molecule has 5 heteroatoms. The molecule has 29 heavy (non-hydrogen) atoms. The number of nitrogens with one attached hydrogen (secondary N) is 1. The molecule has 4 aromatic rings. The maximum Gasteiger partial charge on any atom is 0.255 e. The van der Waals surface area contributed by atoms with Crippen LogP contribution in [0.15, 0.2) is 71.1 Å². The molecule has 0 radical (unpaired) electrons. The molecule has 0 fully saturated rings. The van der Waals surface area contributed by atoms with E-state index in [4.69, 9.17) is 16.0 Å². The zero-order valence-corrected chi connectivity index (χ0v) is 17.0. The molecule has 1 heterocycles. The van der Waals surface area contributed by atoms with Crippen LogP contribution in [0, 0.1) is 0 Å². The van der Waals surface area contributed by atoms with Crippen molar-refractivity contribution in [1.82, 2.24) is 4.98 Å². The van der Waals surface area contributed by atoms with E-state index in [1.54, 1.807) is 24.3 Å². The molecular formula is C24H21ClN2O2. The fourth-order valence-corrected chi connectivity index (χ4v) is 3.36. The molecule has 0 aliphatic carbocycles. The number of halogens is 1. The molecule has 0 unspecified atom stereocenters. The average molecular weight is 405 g/mol. The fourth-order valence-electron chi connectivity index (χ4n) is 3.17. The number of hydrogen-bond acceptors (Lipinski definition) is 3. The van der Waals surface area contributed by atoms with Gasteiger partial charge in [-0.15, -0.1) is 0 Å². The van der Waals surface area contributed by atoms with Gasteiger partial charge in [-0.2, -0.15) is 0 Å². The molecule has 1 atom stereocenters. The lowest BCUT2D eigenvalue weighted by Crippen LogP contribution is -2.11. The lowest BCUT2D eigenvalue weighted by atomic mass is 9.98. The zero-order chi connectivity index (χ0) is 20.4. The highest BCUT2D eigenvalue weighted by Gasteiger charge is 2.12. The summed E-state index contributed by atoms with van der Waals surface area (Å²) in [6.07, 6.45) is 1.07. The first-order valence-corrected chi connectivity index (χ1v) is 9.99. The molecule has 0 aliphatic rings. The molecule has 0 spiro atoms. The molecule has 0 saturated heterocycles. The van der Waals surface area contributed by atoms with E-state index < -0.39 is 0 Å². The quantitative estimate of drug-likeness (QED) is 0.393. The Morgan fingerprint density at radius 3 is 2.72 bits per heavy atom. The summed E-state index contributed by atoms with van der Waals surface area (Å²) >= 11 is 5.97. The first kappa shape index (κ1) is 19.2. The second kappa shape index (κ2) is 8.10. The Hall–Kier alpha value is -3.11. The molecule has 3 aromatic carbocycles. The summed E-state index contributed by atoms with van der Waals surface area (Å²) in [5.41, 5.74) is 4.81. The highest BCUT2D eigenvalue weighted by molar-refractivity contribution is 6.31. The van der Waals surface area contributed by atoms with Crippen LogP contribution >= 0.6 is 11.6 Å². The van der Waals surface area contributed by atoms with Crippen LogP contribution in [0.25, 0.3) is 22.6 Å². The van der Waals surface area contributed by atoms with Crippen LogP contribution in [0.3, 0.4) is 0 Å². The van der Waals surface area contributed by atoms with Crippen molar-refractivity contribution in [3.8, 4) is 11.5 Å². The van der Waals surface area contributed by atoms with Gasteiger partial charge in [0.05, 0.1) is 0 Å². The summed E-state index contributed by atoms with van der Waals surface area (Å²) in [7, 11) is 0. The Labute approximate surface area is 174 Å². The molecule has 1 N–H and O–H groups in total. The second-order valence-corrected chi connectivity index (χ2v) is 7.54. The number of hydrogen-bond donors (Lipinski definition) is 1. The van der Waals surface area contributed by atoms with Gasteiger partial charge in [-0.1, -0.05) is 43.6 Å². The van der Waals surface area contributed by atoms with Crippen LogP contribution in [0.5, 0.6) is 0 Å². The van der Waals surface area contributed by atoms with Crippen molar-refractivity contribution in [2.24, 2.45) is 0 Å². The SMILES string of the molecule is CC[C@@H](C)c1ccc2oc(-c3cccc(NC(=O)c4cccc(Cl)c4)c3)nc2c1. The number of amides is 1. The minimum absolute atomic E-state index is 0.222. The third-order valence-electron chi connectivity index (χ3n) is 5.05. The van der Waals surface area contributed by atoms with Crippen molar-refractivity contribution in [2.75, 3.05) is 5.32 Å². The third-order valence-corrected chi connectivity index (χ3v) is 5.28. The summed E-state index contributed by atoms with van der Waals surface area (Å²) < 4.78 is 5.94. The third kappa shape index (κ3) is 4.17. The molecule has 4 nitrogen and oxygen atoms in total. The van der Waals surface area contributed by atoms with E-state index in [1.165, 1.54) is 5.56 Å². The Morgan fingerprint density at radius 2 is 1.93 bits per heavy atom. The number of anilines is 1. The van der Waals surface area contributed by atoms with Gasteiger partial charge in [0.2, 0.25) is 5.89 Å². The maximum atomic E-state index is 12.5. The predicted octanol–water partition coefficient (Wildman–Crippen LogP) is 6.91. The van der Waals surface area contributed by atoms with Crippen LogP contribution in [0.2, 0.25) is 5.02 Å². The number of nitrogens with zero attached hydrogens (tertiary/aromatic N) is 1. The number of fused-ring (bicyclic) bond motifs is 1. The Morgan fingerprint density at radius 1 is 1.10 bits per heavy atom. The van der Waals surface area contributed by atoms with Crippen LogP contribution in [-0.4, -0.2) is 10.9 Å². The molecule has 0 saturated carbocycles. The van der Waals surface area contributed by atoms with Gasteiger partial charge in [0, 0.05) is 21.8 Å². The summed E-state index contributed by atoms with van der Waals surface area (Å²) in [5.74, 6) is 0.783. The Bertz CT molecular complexity index is 1180. The standard InChI is InChI=1S/C24H21ClN2O2/c1-3-15(2)16-10-11-22-21(14-16)27-24(29-22)18-7-5-9-20(13-18)26-23(28)17-6-4-8-19(25)12-17/h4-15H,3H2,1-2H3,(H,26,28)/t15-/m1/s1. The van der Waals surface area contributed by atoms with Gasteiger partial charge in [0.1, 0.15) is 5.52 Å². The van der Waals surface area contributed by atoms with Gasteiger partial charge in [0.15, 0.2) is 5.58 Å². The van der Waals surface area contributed by atoms with Gasteiger partial charge in [-0.3, -0.25) is 4.79 Å². The van der Waals surface area contributed by atoms with Crippen LogP contribution < -0.4 is 5.32 Å². The van der Waals surface area contributed by atoms with Crippen LogP contribution in [0.1, 0.15) is 42.1 Å². The van der Waals surface area contributed by atoms with Gasteiger partial charge >= 0.3 is 0 Å². The van der Waals surface area contributed by atoms with E-state index in [9.17, 15) is 4.79 Å². The van der Waals surface area contributed by atoms with Gasteiger partial charge in [-0.05, 0) is 66.4 Å². The molecule has 1 aromatic heterocycles. The summed E-state index contributed by atoms with van der Waals surface area (Å²) in [6, 6.07) is 20.4. The minimum Gasteiger partial charge on any atom is -0.436 e. The van der Waals surface area contributed by atoms with Crippen LogP contribution in [-0.2, 0) is 0 Å². The molecule has 1 amide bonds. The number of oxazole rings is 1. The van der Waals surface area contributed by atoms with Crippen molar-refractivity contribution in [1.29, 1.82) is 0 Å². The normalized spacial score (nSPS) is 12.1. The van der Waals surface area contributed by atoms with Crippen molar-refractivity contribution in [3.63, 3.8) is 0 Å². The smallest absolute Gasteiger partial charge is 0.255 e. The first-order valence-electron chi connectivity index (χ1n) is 9.61. The highest BCUT2D eigenvalue weighted by Crippen LogP contribution is 2.29. The summed E-state index contributed by atoms with van der Waals surface area (Å²) in [4.78, 5) is 17.1. The number of aromatic nitrogens is 1. The highest BCUT2D eigenvalue weighted by atomic mass is 35.5. The molecule has 0 aliphatic heterocycles. The van der Waals surface area contributed by atoms with E-state index in [1.807, 2.05) is 30.3 Å². The lowest BCUT2D eigenvalue weighted by molar-refractivity contribution is 0.102. The van der Waals surface area contributed by atoms with E-state index in [2.05, 4.69) is 36.3 Å². The van der Waals surface area contributed by atoms with Crippen molar-refractivity contribution < 1.29 is 9.21 Å². The predicted molar refractivity (Wildman–Crippen MR) is 118 cm³/mol. The van der Waals surface area contributed by atoms with Crippen molar-refractivity contribution in [2.45, 2.75) is 26.2 Å². The maximum absolute atomic E-state index is 12.5. The Balaban J connectivity index is 1.60. The van der Waals surface area contributed by atoms with Crippen LogP contribution in [0.4, 0.5) is 5.69 Å². The first-order chi connectivity index (χ1) is 14.0. The van der Waals surface area contributed by atoms with E-state index >= 15 is 0 Å². The fraction of sp³-hybridized carbons (Fsp3) is 0.167. The van der Waals surface area contributed by atoms with E-state index in [-0.39, 0.29) is 5.91 Å². The molecular weight excluding hydrogens is 384 g/mol. The largest absolute Gasteiger partial charge is 0.436 e. The van der Waals surface area contributed by atoms with E-state index in [0.717, 1.165) is 23.1 Å². The van der Waals surface area contributed by atoms with Gasteiger partial charge in [0.25, 0.3) is 5.91 Å². The molecule has 146 valence electrons. The zero-order valence-electron chi connectivity index (χ0n) is 16.3. The van der Waals surface area contributed by atoms with Crippen molar-refractivity contribution >= 4 is 34.3 Å². The number of carbonyl (C=O) groups excluding carboxylic acids is 1. The van der Waals surface area contributed by atoms with Gasteiger partial charge in [-0.25, -0.2) is 4.98 Å². The summed E-state index contributed by atoms with van der Waals surface area (Å²) in [5, 5.41) is 3.42. The number of rotatable bonds is 5. The topological polar surface area (TPSA) is 55.1 Å². The lowest BCUT2D eigenvalue weighted by Gasteiger charge is -2.07. The Kier molecular flexibility index (Phi) is 5.36.